The molecule has 0 atom stereocenters. The van der Waals surface area contributed by atoms with Crippen molar-refractivity contribution in [1.82, 2.24) is 0 Å². The monoisotopic (exact) mass is 970 g/mol. The van der Waals surface area contributed by atoms with Gasteiger partial charge in [0.25, 0.3) is 6.71 Å². The smallest absolute Gasteiger partial charge is 0.256 e. The Hall–Kier alpha value is -8.12. The Balaban J connectivity index is 1.10. The van der Waals surface area contributed by atoms with Gasteiger partial charge in [0.2, 0.25) is 0 Å². The second kappa shape index (κ2) is 17.3. The van der Waals surface area contributed by atoms with E-state index in [2.05, 4.69) is 289 Å². The molecule has 0 spiro atoms. The SMILES string of the molecule is Cc1cc2c3c(c1)N(c1ccc(C(C)(C)C)cc1-c1ccccc1)c1cc4c(cc1B3c1ccc(N(c3ccccc3)c3ccc(C(C)(C)C)cc3)cc1O2)[Si](c1ccccc1)(c1ccccc1)c1ccccc1-4. The molecule has 0 fully saturated rings. The van der Waals surface area contributed by atoms with Crippen molar-refractivity contribution in [3.05, 3.63) is 247 Å². The lowest BCUT2D eigenvalue weighted by Gasteiger charge is -2.42. The van der Waals surface area contributed by atoms with E-state index in [1.165, 1.54) is 70.7 Å². The molecule has 0 saturated carbocycles. The summed E-state index contributed by atoms with van der Waals surface area (Å²) < 4.78 is 7.39. The first-order chi connectivity index (χ1) is 35.9. The van der Waals surface area contributed by atoms with E-state index >= 15 is 0 Å². The molecular weight excluding hydrogens is 912 g/mol. The zero-order chi connectivity index (χ0) is 50.5. The van der Waals surface area contributed by atoms with Crippen LogP contribution in [0.1, 0.15) is 58.2 Å². The van der Waals surface area contributed by atoms with Crippen LogP contribution in [0, 0.1) is 6.92 Å². The summed E-state index contributed by atoms with van der Waals surface area (Å²) >= 11 is 0. The van der Waals surface area contributed by atoms with Gasteiger partial charge in [-0.2, -0.15) is 0 Å². The number of anilines is 6. The number of hydrogen-bond donors (Lipinski definition) is 0. The molecule has 10 aromatic carbocycles. The van der Waals surface area contributed by atoms with Crippen molar-refractivity contribution in [2.24, 2.45) is 0 Å². The summed E-state index contributed by atoms with van der Waals surface area (Å²) in [4.78, 5) is 4.95. The van der Waals surface area contributed by atoms with Crippen molar-refractivity contribution < 1.29 is 4.74 Å². The van der Waals surface area contributed by atoms with E-state index in [9.17, 15) is 0 Å². The Morgan fingerprint density at radius 1 is 0.419 bits per heavy atom. The van der Waals surface area contributed by atoms with Gasteiger partial charge in [-0.15, -0.1) is 0 Å². The molecule has 0 aliphatic carbocycles. The third-order valence-corrected chi connectivity index (χ3v) is 20.8. The minimum atomic E-state index is -2.88. The molecular formula is C69H59BN2OSi. The molecule has 358 valence electrons. The average molecular weight is 971 g/mol. The van der Waals surface area contributed by atoms with Crippen molar-refractivity contribution >= 4 is 86.0 Å². The summed E-state index contributed by atoms with van der Waals surface area (Å²) in [7, 11) is -2.88. The van der Waals surface area contributed by atoms with E-state index in [-0.39, 0.29) is 17.5 Å². The van der Waals surface area contributed by atoms with Crippen LogP contribution in [0.15, 0.2) is 231 Å². The highest BCUT2D eigenvalue weighted by Gasteiger charge is 2.51. The first-order valence-electron chi connectivity index (χ1n) is 26.2. The van der Waals surface area contributed by atoms with E-state index < -0.39 is 8.07 Å². The van der Waals surface area contributed by atoms with Gasteiger partial charge in [-0.3, -0.25) is 0 Å². The number of hydrogen-bond acceptors (Lipinski definition) is 3. The molecule has 0 aromatic heterocycles. The number of para-hydroxylation sites is 1. The van der Waals surface area contributed by atoms with Crippen LogP contribution in [0.3, 0.4) is 0 Å². The minimum absolute atomic E-state index is 0.0399. The topological polar surface area (TPSA) is 15.7 Å². The minimum Gasteiger partial charge on any atom is -0.458 e. The van der Waals surface area contributed by atoms with E-state index in [4.69, 9.17) is 4.74 Å². The predicted molar refractivity (Wildman–Crippen MR) is 317 cm³/mol. The van der Waals surface area contributed by atoms with Crippen LogP contribution in [0.4, 0.5) is 34.1 Å². The first kappa shape index (κ1) is 45.7. The fourth-order valence-corrected chi connectivity index (χ4v) is 17.6. The van der Waals surface area contributed by atoms with Crippen molar-refractivity contribution in [3.63, 3.8) is 0 Å². The zero-order valence-corrected chi connectivity index (χ0v) is 44.3. The fraction of sp³-hybridized carbons (Fsp3) is 0.130. The second-order valence-electron chi connectivity index (χ2n) is 22.6. The summed E-state index contributed by atoms with van der Waals surface area (Å²) in [6, 6.07) is 86.8. The van der Waals surface area contributed by atoms with Crippen LogP contribution in [0.5, 0.6) is 11.5 Å². The lowest BCUT2D eigenvalue weighted by atomic mass is 9.34. The van der Waals surface area contributed by atoms with Gasteiger partial charge in [0, 0.05) is 40.1 Å². The molecule has 3 heterocycles. The van der Waals surface area contributed by atoms with Crippen LogP contribution < -0.4 is 51.7 Å². The van der Waals surface area contributed by atoms with Gasteiger partial charge in [-0.1, -0.05) is 205 Å². The summed E-state index contributed by atoms with van der Waals surface area (Å²) in [5, 5.41) is 5.64. The number of fused-ring (bicyclic) bond motifs is 7. The highest BCUT2D eigenvalue weighted by Crippen LogP contribution is 2.48. The molecule has 74 heavy (non-hydrogen) atoms. The van der Waals surface area contributed by atoms with Crippen molar-refractivity contribution in [1.29, 1.82) is 0 Å². The fourth-order valence-electron chi connectivity index (χ4n) is 12.4. The number of rotatable bonds is 7. The molecule has 0 amide bonds. The third-order valence-electron chi connectivity index (χ3n) is 15.9. The largest absolute Gasteiger partial charge is 0.458 e. The molecule has 3 aliphatic heterocycles. The number of ether oxygens (including phenoxy) is 1. The third kappa shape index (κ3) is 7.23. The molecule has 0 bridgehead atoms. The van der Waals surface area contributed by atoms with Crippen molar-refractivity contribution in [2.45, 2.75) is 59.3 Å². The molecule has 3 nitrogen and oxygen atoms in total. The first-order valence-corrected chi connectivity index (χ1v) is 28.2. The molecule has 0 N–H and O–H groups in total. The standard InChI is InChI=1S/C69H59BN2OSi/c1-46-40-62-67-64(41-46)73-63-43-52(71(50-24-14-9-15-25-50)51-35-32-48(33-36-51)68(2,3)4)37-38-58(63)70(67)59-45-66-57(44-61(59)72(62)60-39-34-49(69(5,6)7)42-56(60)47-22-12-8-13-23-47)55-30-20-21-31-65(55)74(66,53-26-16-10-17-27-53)54-28-18-11-19-29-54/h8-45H,1-7H3. The van der Waals surface area contributed by atoms with E-state index in [1.54, 1.807) is 0 Å². The lowest BCUT2D eigenvalue weighted by Crippen LogP contribution is -2.73. The highest BCUT2D eigenvalue weighted by atomic mass is 28.3. The van der Waals surface area contributed by atoms with Crippen molar-refractivity contribution in [2.75, 3.05) is 9.80 Å². The van der Waals surface area contributed by atoms with Crippen LogP contribution in [-0.2, 0) is 10.8 Å². The van der Waals surface area contributed by atoms with Crippen LogP contribution in [0.25, 0.3) is 22.3 Å². The van der Waals surface area contributed by atoms with Gasteiger partial charge in [0.1, 0.15) is 11.5 Å². The van der Waals surface area contributed by atoms with Gasteiger partial charge in [0.15, 0.2) is 8.07 Å². The highest BCUT2D eigenvalue weighted by molar-refractivity contribution is 7.22. The van der Waals surface area contributed by atoms with Crippen molar-refractivity contribution in [3.8, 4) is 33.8 Å². The summed E-state index contributed by atoms with van der Waals surface area (Å²) in [6.07, 6.45) is 0. The Kier molecular flexibility index (Phi) is 10.7. The van der Waals surface area contributed by atoms with Gasteiger partial charge in [-0.25, -0.2) is 0 Å². The molecule has 13 rings (SSSR count). The number of aryl methyl sites for hydroxylation is 1. The van der Waals surface area contributed by atoms with E-state index in [1.807, 2.05) is 0 Å². The Morgan fingerprint density at radius 2 is 1.00 bits per heavy atom. The van der Waals surface area contributed by atoms with Gasteiger partial charge in [-0.05, 0) is 149 Å². The average Bonchev–Trinajstić information content (AvgIpc) is 3.70. The Bertz CT molecular complexity index is 3750. The second-order valence-corrected chi connectivity index (χ2v) is 26.3. The van der Waals surface area contributed by atoms with Crippen LogP contribution in [-0.4, -0.2) is 14.8 Å². The van der Waals surface area contributed by atoms with Gasteiger partial charge >= 0.3 is 0 Å². The molecule has 0 unspecified atom stereocenters. The maximum atomic E-state index is 7.39. The summed E-state index contributed by atoms with van der Waals surface area (Å²) in [5.74, 6) is 1.78. The van der Waals surface area contributed by atoms with Gasteiger partial charge < -0.3 is 14.5 Å². The molecule has 0 saturated heterocycles. The normalized spacial score (nSPS) is 13.8. The maximum Gasteiger partial charge on any atom is 0.256 e. The number of benzene rings is 10. The maximum absolute atomic E-state index is 7.39. The van der Waals surface area contributed by atoms with Crippen LogP contribution >= 0.6 is 0 Å². The summed E-state index contributed by atoms with van der Waals surface area (Å²) in [6.45, 7) is 15.8. The predicted octanol–water partition coefficient (Wildman–Crippen LogP) is 13.5. The Morgan fingerprint density at radius 3 is 1.66 bits per heavy atom. The van der Waals surface area contributed by atoms with E-state index in [0.29, 0.717) is 0 Å². The summed E-state index contributed by atoms with van der Waals surface area (Å²) in [5.41, 5.74) is 19.1. The van der Waals surface area contributed by atoms with Gasteiger partial charge in [0.05, 0.1) is 5.69 Å². The zero-order valence-electron chi connectivity index (χ0n) is 43.3. The molecule has 5 heteroatoms. The molecule has 0 radical (unpaired) electrons. The quantitative estimate of drug-likeness (QED) is 0.148. The molecule has 10 aromatic rings. The van der Waals surface area contributed by atoms with Crippen LogP contribution in [0.2, 0.25) is 0 Å². The molecule has 3 aliphatic rings. The van der Waals surface area contributed by atoms with E-state index in [0.717, 1.165) is 51.0 Å². The Labute approximate surface area is 438 Å². The number of nitrogens with zero attached hydrogens (tertiary/aromatic N) is 2. The lowest BCUT2D eigenvalue weighted by molar-refractivity contribution is 0.487.